The first-order valence-electron chi connectivity index (χ1n) is 7.01. The fourth-order valence-corrected chi connectivity index (χ4v) is 2.95. The number of hydrogen-bond acceptors (Lipinski definition) is 3. The Morgan fingerprint density at radius 2 is 2.21 bits per heavy atom. The van der Waals surface area contributed by atoms with Gasteiger partial charge in [-0.05, 0) is 43.5 Å². The highest BCUT2D eigenvalue weighted by atomic mass is 16.4. The summed E-state index contributed by atoms with van der Waals surface area (Å²) < 4.78 is 0. The number of hydrogen-bond donors (Lipinski definition) is 1. The molecule has 1 aliphatic heterocycles. The quantitative estimate of drug-likeness (QED) is 0.854. The smallest absolute Gasteiger partial charge is 0.310 e. The van der Waals surface area contributed by atoms with E-state index in [9.17, 15) is 9.90 Å². The van der Waals surface area contributed by atoms with Gasteiger partial charge in [0.25, 0.3) is 0 Å². The number of aromatic nitrogens is 1. The molecule has 1 aliphatic rings. The van der Waals surface area contributed by atoms with Crippen LogP contribution < -0.4 is 0 Å². The van der Waals surface area contributed by atoms with E-state index in [1.165, 1.54) is 5.56 Å². The maximum Gasteiger partial charge on any atom is 0.310 e. The van der Waals surface area contributed by atoms with Crippen LogP contribution in [0.25, 0.3) is 0 Å². The van der Waals surface area contributed by atoms with Gasteiger partial charge in [0.05, 0.1) is 5.41 Å². The van der Waals surface area contributed by atoms with Gasteiger partial charge < -0.3 is 10.0 Å². The minimum absolute atomic E-state index is 0.507. The van der Waals surface area contributed by atoms with Gasteiger partial charge in [-0.1, -0.05) is 13.3 Å². The molecule has 0 saturated carbocycles. The van der Waals surface area contributed by atoms with Crippen LogP contribution in [0.15, 0.2) is 24.5 Å². The Labute approximate surface area is 114 Å². The molecule has 0 bridgehead atoms. The number of carboxylic acid groups (broad SMARTS) is 1. The molecular formula is C15H22N2O2. The summed E-state index contributed by atoms with van der Waals surface area (Å²) in [7, 11) is 0. The van der Waals surface area contributed by atoms with E-state index in [-0.39, 0.29) is 0 Å². The van der Waals surface area contributed by atoms with Gasteiger partial charge >= 0.3 is 5.97 Å². The molecule has 0 spiro atoms. The van der Waals surface area contributed by atoms with E-state index in [1.54, 1.807) is 12.4 Å². The number of pyridine rings is 1. The van der Waals surface area contributed by atoms with Crippen LogP contribution in [0.1, 0.15) is 31.7 Å². The fourth-order valence-electron chi connectivity index (χ4n) is 2.95. The zero-order valence-corrected chi connectivity index (χ0v) is 11.5. The Bertz CT molecular complexity index is 421. The molecule has 1 aromatic heterocycles. The Morgan fingerprint density at radius 1 is 1.47 bits per heavy atom. The van der Waals surface area contributed by atoms with E-state index in [2.05, 4.69) is 16.8 Å². The van der Waals surface area contributed by atoms with Crippen LogP contribution in [0.3, 0.4) is 0 Å². The first-order valence-corrected chi connectivity index (χ1v) is 7.01. The summed E-state index contributed by atoms with van der Waals surface area (Å²) in [4.78, 5) is 17.8. The Kier molecular flexibility index (Phi) is 4.53. The number of aliphatic carboxylic acids is 1. The second-order valence-electron chi connectivity index (χ2n) is 5.47. The van der Waals surface area contributed by atoms with E-state index in [0.29, 0.717) is 6.54 Å². The lowest BCUT2D eigenvalue weighted by Gasteiger charge is -2.24. The second-order valence-corrected chi connectivity index (χ2v) is 5.47. The fraction of sp³-hybridized carbons (Fsp3) is 0.600. The Hall–Kier alpha value is -1.42. The topological polar surface area (TPSA) is 53.4 Å². The number of nitrogens with zero attached hydrogens (tertiary/aromatic N) is 2. The molecule has 1 saturated heterocycles. The van der Waals surface area contributed by atoms with Crippen molar-refractivity contribution in [2.75, 3.05) is 19.6 Å². The SMILES string of the molecule is CCCC1(C(=O)O)CCN(CCc2ccncc2)C1. The summed E-state index contributed by atoms with van der Waals surface area (Å²) >= 11 is 0. The summed E-state index contributed by atoms with van der Waals surface area (Å²) in [5.41, 5.74) is 0.755. The Morgan fingerprint density at radius 3 is 2.84 bits per heavy atom. The third-order valence-corrected chi connectivity index (χ3v) is 4.08. The number of carbonyl (C=O) groups is 1. The van der Waals surface area contributed by atoms with Crippen LogP contribution >= 0.6 is 0 Å². The molecule has 0 radical (unpaired) electrons. The van der Waals surface area contributed by atoms with Gasteiger partial charge in [0.1, 0.15) is 0 Å². The molecule has 4 nitrogen and oxygen atoms in total. The molecule has 0 aromatic carbocycles. The highest BCUT2D eigenvalue weighted by Gasteiger charge is 2.43. The maximum absolute atomic E-state index is 11.5. The third kappa shape index (κ3) is 3.32. The average Bonchev–Trinajstić information content (AvgIpc) is 2.83. The molecule has 1 aromatic rings. The molecule has 2 heterocycles. The van der Waals surface area contributed by atoms with Gasteiger partial charge in [0.2, 0.25) is 0 Å². The second kappa shape index (κ2) is 6.15. The first-order chi connectivity index (χ1) is 9.16. The molecule has 4 heteroatoms. The summed E-state index contributed by atoms with van der Waals surface area (Å²) in [6, 6.07) is 4.04. The molecule has 104 valence electrons. The van der Waals surface area contributed by atoms with Crippen molar-refractivity contribution in [1.29, 1.82) is 0 Å². The lowest BCUT2D eigenvalue weighted by atomic mass is 9.83. The van der Waals surface area contributed by atoms with E-state index < -0.39 is 11.4 Å². The highest BCUT2D eigenvalue weighted by Crippen LogP contribution is 2.35. The summed E-state index contributed by atoms with van der Waals surface area (Å²) in [6.45, 7) is 4.59. The zero-order chi connectivity index (χ0) is 13.7. The number of rotatable bonds is 6. The van der Waals surface area contributed by atoms with Crippen LogP contribution in [0, 0.1) is 5.41 Å². The third-order valence-electron chi connectivity index (χ3n) is 4.08. The lowest BCUT2D eigenvalue weighted by molar-refractivity contribution is -0.148. The number of carboxylic acids is 1. The minimum atomic E-state index is -0.624. The van der Waals surface area contributed by atoms with Gasteiger partial charge in [-0.25, -0.2) is 0 Å². The van der Waals surface area contributed by atoms with E-state index in [1.807, 2.05) is 12.1 Å². The normalized spacial score (nSPS) is 23.6. The molecule has 1 unspecified atom stereocenters. The van der Waals surface area contributed by atoms with E-state index >= 15 is 0 Å². The van der Waals surface area contributed by atoms with Gasteiger partial charge in [-0.15, -0.1) is 0 Å². The van der Waals surface area contributed by atoms with Crippen molar-refractivity contribution in [1.82, 2.24) is 9.88 Å². The monoisotopic (exact) mass is 262 g/mol. The average molecular weight is 262 g/mol. The molecule has 2 rings (SSSR count). The molecular weight excluding hydrogens is 240 g/mol. The van der Waals surface area contributed by atoms with E-state index in [4.69, 9.17) is 0 Å². The van der Waals surface area contributed by atoms with Crippen molar-refractivity contribution < 1.29 is 9.90 Å². The van der Waals surface area contributed by atoms with Gasteiger partial charge in [0.15, 0.2) is 0 Å². The maximum atomic E-state index is 11.5. The van der Waals surface area contributed by atoms with Crippen molar-refractivity contribution in [3.05, 3.63) is 30.1 Å². The summed E-state index contributed by atoms with van der Waals surface area (Å²) in [5, 5.41) is 9.46. The van der Waals surface area contributed by atoms with Gasteiger partial charge in [-0.3, -0.25) is 9.78 Å². The minimum Gasteiger partial charge on any atom is -0.481 e. The standard InChI is InChI=1S/C15H22N2O2/c1-2-6-15(14(18)19)7-11-17(12-15)10-5-13-3-8-16-9-4-13/h3-4,8-9H,2,5-7,10-12H2,1H3,(H,18,19). The molecule has 19 heavy (non-hydrogen) atoms. The van der Waals surface area contributed by atoms with Crippen molar-refractivity contribution in [2.24, 2.45) is 5.41 Å². The molecule has 1 fully saturated rings. The number of likely N-dealkylation sites (tertiary alicyclic amines) is 1. The van der Waals surface area contributed by atoms with Crippen molar-refractivity contribution >= 4 is 5.97 Å². The highest BCUT2D eigenvalue weighted by molar-refractivity contribution is 5.75. The first kappa shape index (κ1) is 14.0. The van der Waals surface area contributed by atoms with Crippen LogP contribution in [-0.4, -0.2) is 40.6 Å². The zero-order valence-electron chi connectivity index (χ0n) is 11.5. The molecule has 1 N–H and O–H groups in total. The van der Waals surface area contributed by atoms with Crippen molar-refractivity contribution in [2.45, 2.75) is 32.6 Å². The predicted molar refractivity (Wildman–Crippen MR) is 74.0 cm³/mol. The molecule has 0 amide bonds. The van der Waals surface area contributed by atoms with Crippen LogP contribution in [0.4, 0.5) is 0 Å². The Balaban J connectivity index is 1.89. The van der Waals surface area contributed by atoms with Crippen LogP contribution in [0.5, 0.6) is 0 Å². The van der Waals surface area contributed by atoms with E-state index in [0.717, 1.165) is 38.8 Å². The molecule has 0 aliphatic carbocycles. The predicted octanol–water partition coefficient (Wildman–Crippen LogP) is 2.20. The van der Waals surface area contributed by atoms with Crippen molar-refractivity contribution in [3.63, 3.8) is 0 Å². The van der Waals surface area contributed by atoms with Crippen LogP contribution in [0.2, 0.25) is 0 Å². The van der Waals surface area contributed by atoms with Gasteiger partial charge in [0, 0.05) is 25.5 Å². The largest absolute Gasteiger partial charge is 0.481 e. The summed E-state index contributed by atoms with van der Waals surface area (Å²) in [5.74, 6) is -0.624. The van der Waals surface area contributed by atoms with Crippen LogP contribution in [-0.2, 0) is 11.2 Å². The van der Waals surface area contributed by atoms with Gasteiger partial charge in [-0.2, -0.15) is 0 Å². The lowest BCUT2D eigenvalue weighted by Crippen LogP contribution is -2.35. The molecule has 1 atom stereocenters. The van der Waals surface area contributed by atoms with Crippen molar-refractivity contribution in [3.8, 4) is 0 Å². The summed E-state index contributed by atoms with van der Waals surface area (Å²) in [6.07, 6.45) is 7.07.